The first kappa shape index (κ1) is 103. The van der Waals surface area contributed by atoms with Crippen LogP contribution < -0.4 is 0 Å². The molecule has 0 aliphatic carbocycles. The Labute approximate surface area is 645 Å². The van der Waals surface area contributed by atoms with Crippen molar-refractivity contribution < 1.29 is 80.2 Å². The molecule has 19 heteroatoms. The first-order valence-corrected chi connectivity index (χ1v) is 47.2. The Bertz CT molecular complexity index is 2040. The van der Waals surface area contributed by atoms with E-state index in [9.17, 15) is 43.2 Å². The van der Waals surface area contributed by atoms with Crippen LogP contribution in [0.5, 0.6) is 0 Å². The highest BCUT2D eigenvalue weighted by atomic mass is 31.2. The largest absolute Gasteiger partial charge is 0.472 e. The summed E-state index contributed by atoms with van der Waals surface area (Å²) in [6, 6.07) is 0. The molecule has 0 rings (SSSR count). The highest BCUT2D eigenvalue weighted by Crippen LogP contribution is 2.45. The maximum atomic E-state index is 13.1. The van der Waals surface area contributed by atoms with Gasteiger partial charge in [-0.2, -0.15) is 0 Å². The summed E-state index contributed by atoms with van der Waals surface area (Å²) >= 11 is 0. The van der Waals surface area contributed by atoms with E-state index in [1.165, 1.54) is 244 Å². The Morgan fingerprint density at radius 3 is 0.676 bits per heavy atom. The molecule has 17 nitrogen and oxygen atoms in total. The molecule has 6 atom stereocenters. The number of carbonyl (C=O) groups is 4. The van der Waals surface area contributed by atoms with E-state index in [1.807, 2.05) is 0 Å². The van der Waals surface area contributed by atoms with Crippen LogP contribution in [0.3, 0.4) is 0 Å². The molecular formula is C86H168O17P2. The predicted molar refractivity (Wildman–Crippen MR) is 432 cm³/mol. The maximum absolute atomic E-state index is 13.1. The van der Waals surface area contributed by atoms with Gasteiger partial charge >= 0.3 is 39.5 Å². The van der Waals surface area contributed by atoms with Crippen LogP contribution >= 0.6 is 15.6 Å². The molecule has 0 fully saturated rings. The SMILES string of the molecule is CCC(C)CCCCCCCCCCCCCCCCC(=O)O[C@H](COC(=O)CCCCCCCCCCCCCCCCCCCCC(C)C)COP(=O)(O)OCC(O)COP(=O)(O)OC[C@@H](COC(=O)CCCCCCCCC(C)C)OC(=O)CCCCCCCCCCCCCCCCC(C)C. The Balaban J connectivity index is 5.21. The van der Waals surface area contributed by atoms with E-state index >= 15 is 0 Å². The van der Waals surface area contributed by atoms with Gasteiger partial charge in [0.1, 0.15) is 19.3 Å². The molecule has 0 spiro atoms. The van der Waals surface area contributed by atoms with Crippen LogP contribution in [0.4, 0.5) is 0 Å². The number of hydrogen-bond acceptors (Lipinski definition) is 15. The number of aliphatic hydroxyl groups is 1. The first-order chi connectivity index (χ1) is 50.6. The summed E-state index contributed by atoms with van der Waals surface area (Å²) in [5, 5.41) is 10.7. The Morgan fingerprint density at radius 1 is 0.267 bits per heavy atom. The lowest BCUT2D eigenvalue weighted by molar-refractivity contribution is -0.161. The molecule has 0 saturated heterocycles. The molecule has 105 heavy (non-hydrogen) atoms. The van der Waals surface area contributed by atoms with Gasteiger partial charge < -0.3 is 33.8 Å². The minimum absolute atomic E-state index is 0.106. The molecule has 0 heterocycles. The van der Waals surface area contributed by atoms with Crippen LogP contribution in [-0.2, 0) is 65.4 Å². The van der Waals surface area contributed by atoms with Crippen LogP contribution in [-0.4, -0.2) is 96.7 Å². The topological polar surface area (TPSA) is 237 Å². The summed E-state index contributed by atoms with van der Waals surface area (Å²) in [5.41, 5.74) is 0. The van der Waals surface area contributed by atoms with Gasteiger partial charge in [0.25, 0.3) is 0 Å². The van der Waals surface area contributed by atoms with Gasteiger partial charge in [0, 0.05) is 25.7 Å². The summed E-state index contributed by atoms with van der Waals surface area (Å²) in [6.45, 7) is 14.3. The van der Waals surface area contributed by atoms with Gasteiger partial charge in [-0.15, -0.1) is 0 Å². The fourth-order valence-corrected chi connectivity index (χ4v) is 14.9. The van der Waals surface area contributed by atoms with Gasteiger partial charge in [-0.1, -0.05) is 396 Å². The van der Waals surface area contributed by atoms with Crippen molar-refractivity contribution in [1.29, 1.82) is 0 Å². The number of phosphoric acid groups is 2. The maximum Gasteiger partial charge on any atom is 0.472 e. The molecule has 0 aromatic rings. The summed E-state index contributed by atoms with van der Waals surface area (Å²) in [5.74, 6) is 1.03. The zero-order valence-corrected chi connectivity index (χ0v) is 71.2. The van der Waals surface area contributed by atoms with Gasteiger partial charge in [0.05, 0.1) is 26.4 Å². The average Bonchev–Trinajstić information content (AvgIpc) is 0.909. The number of rotatable bonds is 83. The average molecular weight is 1540 g/mol. The third kappa shape index (κ3) is 78.5. The van der Waals surface area contributed by atoms with E-state index in [0.717, 1.165) is 114 Å². The number of carbonyl (C=O) groups excluding carboxylic acids is 4. The number of phosphoric ester groups is 2. The van der Waals surface area contributed by atoms with Gasteiger partial charge in [-0.3, -0.25) is 37.3 Å². The minimum atomic E-state index is -4.97. The highest BCUT2D eigenvalue weighted by Gasteiger charge is 2.31. The lowest BCUT2D eigenvalue weighted by Gasteiger charge is -2.21. The van der Waals surface area contributed by atoms with E-state index < -0.39 is 97.5 Å². The molecule has 0 aromatic heterocycles. The fraction of sp³-hybridized carbons (Fsp3) is 0.953. The van der Waals surface area contributed by atoms with Crippen LogP contribution in [0.2, 0.25) is 0 Å². The van der Waals surface area contributed by atoms with E-state index in [-0.39, 0.29) is 25.7 Å². The van der Waals surface area contributed by atoms with Crippen molar-refractivity contribution in [2.24, 2.45) is 23.7 Å². The minimum Gasteiger partial charge on any atom is -0.462 e. The van der Waals surface area contributed by atoms with Gasteiger partial charge in [0.15, 0.2) is 12.2 Å². The normalized spacial score (nSPS) is 14.2. The molecule has 0 amide bonds. The van der Waals surface area contributed by atoms with Crippen molar-refractivity contribution in [2.45, 2.75) is 465 Å². The molecule has 4 unspecified atom stereocenters. The molecule has 0 radical (unpaired) electrons. The van der Waals surface area contributed by atoms with E-state index in [0.29, 0.717) is 31.6 Å². The molecule has 0 bridgehead atoms. The lowest BCUT2D eigenvalue weighted by Crippen LogP contribution is -2.30. The summed E-state index contributed by atoms with van der Waals surface area (Å²) < 4.78 is 68.8. The second-order valence-electron chi connectivity index (χ2n) is 32.6. The Morgan fingerprint density at radius 2 is 0.457 bits per heavy atom. The quantitative estimate of drug-likeness (QED) is 0.0222. The van der Waals surface area contributed by atoms with E-state index in [1.54, 1.807) is 0 Å². The van der Waals surface area contributed by atoms with E-state index in [4.69, 9.17) is 37.0 Å². The van der Waals surface area contributed by atoms with E-state index in [2.05, 4.69) is 55.4 Å². The van der Waals surface area contributed by atoms with Crippen molar-refractivity contribution in [3.63, 3.8) is 0 Å². The van der Waals surface area contributed by atoms with Crippen LogP contribution in [0.15, 0.2) is 0 Å². The predicted octanol–water partition coefficient (Wildman–Crippen LogP) is 25.9. The van der Waals surface area contributed by atoms with Crippen molar-refractivity contribution in [3.05, 3.63) is 0 Å². The molecule has 0 saturated carbocycles. The number of ether oxygens (including phenoxy) is 4. The van der Waals surface area contributed by atoms with Crippen LogP contribution in [0.25, 0.3) is 0 Å². The summed E-state index contributed by atoms with van der Waals surface area (Å²) in [4.78, 5) is 73.2. The molecular weight excluding hydrogens is 1370 g/mol. The number of hydrogen-bond donors (Lipinski definition) is 3. The number of aliphatic hydroxyl groups excluding tert-OH is 1. The first-order valence-electron chi connectivity index (χ1n) is 44.2. The third-order valence-corrected chi connectivity index (χ3v) is 22.3. The standard InChI is InChI=1S/C86H168O17P2/c1-9-79(8)65-57-49-40-34-28-22-17-19-25-31-37-43-53-61-68-85(90)102-81(72-96-83(88)66-58-50-41-35-29-23-15-13-11-10-12-14-20-26-32-38-46-54-62-76(2)3)74-100-104(92,93)98-70-80(87)71-99-105(94,95)101-75-82(73-97-84(89)67-59-51-45-44-48-56-64-78(6)7)103-86(91)69-60-52-42-36-30-24-18-16-21-27-33-39-47-55-63-77(4)5/h76-82,87H,9-75H2,1-8H3,(H,92,93)(H,94,95)/t79?,80?,81-,82-/m1/s1. The smallest absolute Gasteiger partial charge is 0.462 e. The van der Waals surface area contributed by atoms with Crippen LogP contribution in [0, 0.1) is 23.7 Å². The van der Waals surface area contributed by atoms with Crippen LogP contribution in [0.1, 0.15) is 447 Å². The second-order valence-corrected chi connectivity index (χ2v) is 35.5. The fourth-order valence-electron chi connectivity index (χ4n) is 13.3. The zero-order valence-electron chi connectivity index (χ0n) is 69.4. The molecule has 3 N–H and O–H groups in total. The molecule has 0 aliphatic heterocycles. The highest BCUT2D eigenvalue weighted by molar-refractivity contribution is 7.47. The molecule has 0 aliphatic rings. The van der Waals surface area contributed by atoms with Crippen molar-refractivity contribution in [1.82, 2.24) is 0 Å². The van der Waals surface area contributed by atoms with Crippen molar-refractivity contribution in [2.75, 3.05) is 39.6 Å². The molecule has 0 aromatic carbocycles. The number of unbranched alkanes of at least 4 members (excludes halogenated alkanes) is 48. The zero-order chi connectivity index (χ0) is 77.4. The summed E-state index contributed by atoms with van der Waals surface area (Å²) in [6.07, 6.45) is 64.0. The van der Waals surface area contributed by atoms with Crippen molar-refractivity contribution in [3.8, 4) is 0 Å². The molecule has 624 valence electrons. The Kier molecular flexibility index (Phi) is 73.4. The van der Waals surface area contributed by atoms with Gasteiger partial charge in [-0.25, -0.2) is 9.13 Å². The third-order valence-electron chi connectivity index (χ3n) is 20.4. The monoisotopic (exact) mass is 1540 g/mol. The lowest BCUT2D eigenvalue weighted by atomic mass is 9.99. The van der Waals surface area contributed by atoms with Gasteiger partial charge in [0.2, 0.25) is 0 Å². The Hall–Kier alpha value is -1.94. The van der Waals surface area contributed by atoms with Crippen molar-refractivity contribution >= 4 is 39.5 Å². The second kappa shape index (κ2) is 74.8. The summed E-state index contributed by atoms with van der Waals surface area (Å²) in [7, 11) is -9.93. The van der Waals surface area contributed by atoms with Gasteiger partial charge in [-0.05, 0) is 49.4 Å². The number of esters is 4.